The van der Waals surface area contributed by atoms with E-state index in [1.807, 2.05) is 24.3 Å². The molecule has 0 amide bonds. The number of hydrogen-bond acceptors (Lipinski definition) is 2. The first-order valence-electron chi connectivity index (χ1n) is 6.90. The van der Waals surface area contributed by atoms with Gasteiger partial charge in [0, 0.05) is 9.50 Å². The van der Waals surface area contributed by atoms with Gasteiger partial charge in [-0.15, -0.1) is 0 Å². The molecule has 0 saturated heterocycles. The van der Waals surface area contributed by atoms with Crippen LogP contribution in [0, 0.1) is 6.92 Å². The van der Waals surface area contributed by atoms with Crippen molar-refractivity contribution in [3.8, 4) is 5.75 Å². The van der Waals surface area contributed by atoms with Gasteiger partial charge in [0.05, 0.1) is 13.2 Å². The molecule has 0 aliphatic carbocycles. The second kappa shape index (κ2) is 7.30. The van der Waals surface area contributed by atoms with Gasteiger partial charge in [-0.2, -0.15) is 0 Å². The van der Waals surface area contributed by atoms with Gasteiger partial charge in [0.1, 0.15) is 5.75 Å². The SMILES string of the molecule is CCNC(c1ccc(OC)cc1Br)c1cccc(Cl)c1C. The Morgan fingerprint density at radius 2 is 2.00 bits per heavy atom. The van der Waals surface area contributed by atoms with Crippen molar-refractivity contribution in [2.45, 2.75) is 19.9 Å². The lowest BCUT2D eigenvalue weighted by Crippen LogP contribution is -2.23. The lowest BCUT2D eigenvalue weighted by Gasteiger charge is -2.23. The second-order valence-corrected chi connectivity index (χ2v) is 6.09. The summed E-state index contributed by atoms with van der Waals surface area (Å²) >= 11 is 9.92. The fourth-order valence-corrected chi connectivity index (χ4v) is 3.17. The number of halogens is 2. The summed E-state index contributed by atoms with van der Waals surface area (Å²) in [5.41, 5.74) is 3.46. The van der Waals surface area contributed by atoms with Crippen LogP contribution in [0.1, 0.15) is 29.7 Å². The molecule has 1 atom stereocenters. The smallest absolute Gasteiger partial charge is 0.120 e. The van der Waals surface area contributed by atoms with Crippen LogP contribution in [0.15, 0.2) is 40.9 Å². The van der Waals surface area contributed by atoms with Gasteiger partial charge in [-0.3, -0.25) is 0 Å². The molecule has 0 aromatic heterocycles. The number of ether oxygens (including phenoxy) is 1. The molecule has 4 heteroatoms. The van der Waals surface area contributed by atoms with Gasteiger partial charge in [-0.05, 0) is 48.4 Å². The average Bonchev–Trinajstić information content (AvgIpc) is 2.48. The zero-order valence-electron chi connectivity index (χ0n) is 12.4. The first-order chi connectivity index (χ1) is 10.1. The highest BCUT2D eigenvalue weighted by molar-refractivity contribution is 9.10. The van der Waals surface area contributed by atoms with Crippen molar-refractivity contribution in [2.75, 3.05) is 13.7 Å². The summed E-state index contributed by atoms with van der Waals surface area (Å²) in [4.78, 5) is 0. The maximum atomic E-state index is 6.27. The molecule has 1 N–H and O–H groups in total. The van der Waals surface area contributed by atoms with Crippen molar-refractivity contribution >= 4 is 27.5 Å². The number of methoxy groups -OCH3 is 1. The number of nitrogens with one attached hydrogen (secondary N) is 1. The van der Waals surface area contributed by atoms with E-state index in [2.05, 4.69) is 47.2 Å². The van der Waals surface area contributed by atoms with Crippen molar-refractivity contribution in [2.24, 2.45) is 0 Å². The van der Waals surface area contributed by atoms with E-state index >= 15 is 0 Å². The monoisotopic (exact) mass is 367 g/mol. The van der Waals surface area contributed by atoms with Crippen molar-refractivity contribution in [1.29, 1.82) is 0 Å². The van der Waals surface area contributed by atoms with Gasteiger partial charge in [0.25, 0.3) is 0 Å². The molecule has 0 aliphatic rings. The predicted molar refractivity (Wildman–Crippen MR) is 92.4 cm³/mol. The van der Waals surface area contributed by atoms with Crippen LogP contribution in [-0.2, 0) is 0 Å². The van der Waals surface area contributed by atoms with Crippen LogP contribution in [0.2, 0.25) is 5.02 Å². The standard InChI is InChI=1S/C17H19BrClNO/c1-4-20-17(13-6-5-7-16(19)11(13)2)14-9-8-12(21-3)10-15(14)18/h5-10,17,20H,4H2,1-3H3. The molecular formula is C17H19BrClNO. The van der Waals surface area contributed by atoms with E-state index in [0.29, 0.717) is 0 Å². The summed E-state index contributed by atoms with van der Waals surface area (Å²) in [7, 11) is 1.67. The van der Waals surface area contributed by atoms with E-state index in [4.69, 9.17) is 16.3 Å². The third kappa shape index (κ3) is 3.60. The van der Waals surface area contributed by atoms with Gasteiger partial charge in [0.15, 0.2) is 0 Å². The van der Waals surface area contributed by atoms with E-state index < -0.39 is 0 Å². The van der Waals surface area contributed by atoms with Gasteiger partial charge in [0.2, 0.25) is 0 Å². The summed E-state index contributed by atoms with van der Waals surface area (Å²) in [6.45, 7) is 5.03. The van der Waals surface area contributed by atoms with Crippen LogP contribution < -0.4 is 10.1 Å². The fourth-order valence-electron chi connectivity index (χ4n) is 2.40. The van der Waals surface area contributed by atoms with Crippen molar-refractivity contribution in [1.82, 2.24) is 5.32 Å². The average molecular weight is 369 g/mol. The second-order valence-electron chi connectivity index (χ2n) is 4.83. The summed E-state index contributed by atoms with van der Waals surface area (Å²) in [6, 6.07) is 12.2. The summed E-state index contributed by atoms with van der Waals surface area (Å²) < 4.78 is 6.29. The highest BCUT2D eigenvalue weighted by atomic mass is 79.9. The lowest BCUT2D eigenvalue weighted by atomic mass is 9.95. The Balaban J connectivity index is 2.51. The molecule has 2 aromatic carbocycles. The molecule has 0 aliphatic heterocycles. The topological polar surface area (TPSA) is 21.3 Å². The minimum absolute atomic E-state index is 0.0916. The van der Waals surface area contributed by atoms with E-state index in [1.54, 1.807) is 7.11 Å². The molecule has 0 radical (unpaired) electrons. The van der Waals surface area contributed by atoms with Crippen molar-refractivity contribution < 1.29 is 4.74 Å². The van der Waals surface area contributed by atoms with E-state index in [-0.39, 0.29) is 6.04 Å². The molecule has 1 unspecified atom stereocenters. The van der Waals surface area contributed by atoms with Crippen LogP contribution in [-0.4, -0.2) is 13.7 Å². The maximum Gasteiger partial charge on any atom is 0.120 e. The molecule has 0 bridgehead atoms. The molecule has 2 nitrogen and oxygen atoms in total. The van der Waals surface area contributed by atoms with Crippen molar-refractivity contribution in [3.63, 3.8) is 0 Å². The van der Waals surface area contributed by atoms with Gasteiger partial charge in [-0.25, -0.2) is 0 Å². The highest BCUT2D eigenvalue weighted by Crippen LogP contribution is 2.34. The van der Waals surface area contributed by atoms with Crippen LogP contribution in [0.4, 0.5) is 0 Å². The van der Waals surface area contributed by atoms with Gasteiger partial charge < -0.3 is 10.1 Å². The minimum atomic E-state index is 0.0916. The normalized spacial score (nSPS) is 12.2. The molecule has 0 heterocycles. The first-order valence-corrected chi connectivity index (χ1v) is 8.07. The maximum absolute atomic E-state index is 6.27. The summed E-state index contributed by atoms with van der Waals surface area (Å²) in [5, 5.41) is 4.32. The zero-order chi connectivity index (χ0) is 15.4. The summed E-state index contributed by atoms with van der Waals surface area (Å²) in [5.74, 6) is 0.837. The van der Waals surface area contributed by atoms with E-state index in [9.17, 15) is 0 Å². The molecule has 0 saturated carbocycles. The largest absolute Gasteiger partial charge is 0.497 e. The van der Waals surface area contributed by atoms with Crippen LogP contribution in [0.25, 0.3) is 0 Å². The molecule has 0 fully saturated rings. The van der Waals surface area contributed by atoms with Crippen LogP contribution in [0.3, 0.4) is 0 Å². The third-order valence-electron chi connectivity index (χ3n) is 3.55. The molecule has 2 aromatic rings. The molecular weight excluding hydrogens is 350 g/mol. The Morgan fingerprint density at radius 1 is 1.24 bits per heavy atom. The number of benzene rings is 2. The Kier molecular flexibility index (Phi) is 5.68. The molecule has 0 spiro atoms. The quantitative estimate of drug-likeness (QED) is 0.791. The first kappa shape index (κ1) is 16.3. The Bertz CT molecular complexity index is 630. The molecule has 112 valence electrons. The lowest BCUT2D eigenvalue weighted by molar-refractivity contribution is 0.414. The van der Waals surface area contributed by atoms with E-state index in [1.165, 1.54) is 11.1 Å². The van der Waals surface area contributed by atoms with Crippen LogP contribution in [0.5, 0.6) is 5.75 Å². The highest BCUT2D eigenvalue weighted by Gasteiger charge is 2.19. The predicted octanol–water partition coefficient (Wildman–Crippen LogP) is 5.12. The Hall–Kier alpha value is -1.03. The zero-order valence-corrected chi connectivity index (χ0v) is 14.8. The Labute approximate surface area is 139 Å². The van der Waals surface area contributed by atoms with Crippen LogP contribution >= 0.6 is 27.5 Å². The molecule has 2 rings (SSSR count). The van der Waals surface area contributed by atoms with Gasteiger partial charge >= 0.3 is 0 Å². The third-order valence-corrected chi connectivity index (χ3v) is 4.64. The molecule has 21 heavy (non-hydrogen) atoms. The van der Waals surface area contributed by atoms with Gasteiger partial charge in [-0.1, -0.05) is 52.7 Å². The fraction of sp³-hybridized carbons (Fsp3) is 0.294. The minimum Gasteiger partial charge on any atom is -0.497 e. The number of rotatable bonds is 5. The Morgan fingerprint density at radius 3 is 2.62 bits per heavy atom. The van der Waals surface area contributed by atoms with Crippen molar-refractivity contribution in [3.05, 3.63) is 62.6 Å². The summed E-state index contributed by atoms with van der Waals surface area (Å²) in [6.07, 6.45) is 0. The van der Waals surface area contributed by atoms with E-state index in [0.717, 1.165) is 27.4 Å². The number of hydrogen-bond donors (Lipinski definition) is 1.